The van der Waals surface area contributed by atoms with Gasteiger partial charge in [0.15, 0.2) is 0 Å². The maximum absolute atomic E-state index is 6.10. The summed E-state index contributed by atoms with van der Waals surface area (Å²) in [6.45, 7) is 8.04. The van der Waals surface area contributed by atoms with Gasteiger partial charge in [0.25, 0.3) is 0 Å². The van der Waals surface area contributed by atoms with Crippen molar-refractivity contribution in [1.82, 2.24) is 4.90 Å². The van der Waals surface area contributed by atoms with Gasteiger partial charge in [-0.05, 0) is 77.8 Å². The number of likely N-dealkylation sites (N-methyl/N-ethyl adjacent to an activating group) is 1. The van der Waals surface area contributed by atoms with Gasteiger partial charge < -0.3 is 9.64 Å². The minimum atomic E-state index is 0.686. The van der Waals surface area contributed by atoms with E-state index in [0.717, 1.165) is 57.7 Å². The highest BCUT2D eigenvalue weighted by Gasteiger charge is 2.07. The normalized spacial score (nSPS) is 11.7. The summed E-state index contributed by atoms with van der Waals surface area (Å²) in [6, 6.07) is 24.0. The second kappa shape index (κ2) is 11.2. The fourth-order valence-corrected chi connectivity index (χ4v) is 3.50. The van der Waals surface area contributed by atoms with Gasteiger partial charge in [-0.2, -0.15) is 0 Å². The van der Waals surface area contributed by atoms with E-state index in [1.165, 1.54) is 0 Å². The van der Waals surface area contributed by atoms with Crippen LogP contribution < -0.4 is 4.74 Å². The van der Waals surface area contributed by atoms with Gasteiger partial charge >= 0.3 is 0 Å². The molecule has 0 radical (unpaired) electrons. The quantitative estimate of drug-likeness (QED) is 0.324. The predicted molar refractivity (Wildman–Crippen MR) is 130 cm³/mol. The largest absolute Gasteiger partial charge is 0.492 e. The van der Waals surface area contributed by atoms with Gasteiger partial charge in [0, 0.05) is 16.6 Å². The molecule has 156 valence electrons. The van der Waals surface area contributed by atoms with Crippen molar-refractivity contribution in [2.24, 2.45) is 0 Å². The molecule has 3 aromatic rings. The van der Waals surface area contributed by atoms with E-state index in [-0.39, 0.29) is 0 Å². The smallest absolute Gasteiger partial charge is 0.119 e. The maximum atomic E-state index is 6.10. The Morgan fingerprint density at radius 3 is 1.80 bits per heavy atom. The van der Waals surface area contributed by atoms with Crippen molar-refractivity contribution in [1.29, 1.82) is 0 Å². The summed E-state index contributed by atoms with van der Waals surface area (Å²) in [4.78, 5) is 2.35. The Morgan fingerprint density at radius 2 is 1.27 bits per heavy atom. The number of rotatable bonds is 9. The Bertz CT molecular complexity index is 944. The minimum absolute atomic E-state index is 0.686. The molecule has 0 aliphatic heterocycles. The molecule has 0 aliphatic rings. The van der Waals surface area contributed by atoms with Gasteiger partial charge in [-0.25, -0.2) is 0 Å². The maximum Gasteiger partial charge on any atom is 0.119 e. The molecule has 0 unspecified atom stereocenters. The van der Waals surface area contributed by atoms with Crippen molar-refractivity contribution in [2.45, 2.75) is 13.8 Å². The number of hydrogen-bond acceptors (Lipinski definition) is 2. The number of halogens is 2. The summed E-state index contributed by atoms with van der Waals surface area (Å²) in [5, 5.41) is 1.45. The molecular weight excluding hydrogens is 413 g/mol. The Balaban J connectivity index is 1.83. The number of benzene rings is 3. The summed E-state index contributed by atoms with van der Waals surface area (Å²) in [7, 11) is 0. The van der Waals surface area contributed by atoms with Gasteiger partial charge in [0.1, 0.15) is 12.4 Å². The van der Waals surface area contributed by atoms with Crippen LogP contribution in [0.2, 0.25) is 10.0 Å². The zero-order valence-corrected chi connectivity index (χ0v) is 19.0. The molecular formula is C26H27Cl2NO. The summed E-state index contributed by atoms with van der Waals surface area (Å²) < 4.78 is 5.93. The Morgan fingerprint density at radius 1 is 0.767 bits per heavy atom. The Labute approximate surface area is 189 Å². The zero-order chi connectivity index (χ0) is 21.3. The van der Waals surface area contributed by atoms with Crippen LogP contribution in [0.15, 0.2) is 72.8 Å². The molecule has 4 heteroatoms. The van der Waals surface area contributed by atoms with Crippen LogP contribution in [0.1, 0.15) is 30.5 Å². The van der Waals surface area contributed by atoms with Crippen LogP contribution in [0.5, 0.6) is 5.75 Å². The number of ether oxygens (including phenoxy) is 1. The van der Waals surface area contributed by atoms with E-state index in [4.69, 9.17) is 27.9 Å². The minimum Gasteiger partial charge on any atom is -0.492 e. The Hall–Kier alpha value is -2.26. The van der Waals surface area contributed by atoms with Crippen LogP contribution in [-0.2, 0) is 0 Å². The van der Waals surface area contributed by atoms with Crippen LogP contribution in [0.3, 0.4) is 0 Å². The molecule has 30 heavy (non-hydrogen) atoms. The lowest BCUT2D eigenvalue weighted by atomic mass is 9.95. The van der Waals surface area contributed by atoms with Gasteiger partial charge in [0.2, 0.25) is 0 Å². The van der Waals surface area contributed by atoms with E-state index in [0.29, 0.717) is 6.61 Å². The van der Waals surface area contributed by atoms with Crippen molar-refractivity contribution in [3.8, 4) is 5.75 Å². The third kappa shape index (κ3) is 6.37. The first-order valence-electron chi connectivity index (χ1n) is 10.3. The summed E-state index contributed by atoms with van der Waals surface area (Å²) in [5.41, 5.74) is 4.42. The van der Waals surface area contributed by atoms with Gasteiger partial charge in [-0.3, -0.25) is 0 Å². The Kier molecular flexibility index (Phi) is 8.39. The molecule has 0 amide bonds. The number of nitrogens with zero attached hydrogens (tertiary/aromatic N) is 1. The summed E-state index contributed by atoms with van der Waals surface area (Å²) in [6.07, 6.45) is 2.16. The van der Waals surface area contributed by atoms with Crippen molar-refractivity contribution in [3.05, 3.63) is 99.5 Å². The van der Waals surface area contributed by atoms with Crippen molar-refractivity contribution in [3.63, 3.8) is 0 Å². The van der Waals surface area contributed by atoms with Gasteiger partial charge in [0.05, 0.1) is 0 Å². The lowest BCUT2D eigenvalue weighted by Gasteiger charge is -2.18. The predicted octanol–water partition coefficient (Wildman–Crippen LogP) is 7.30. The van der Waals surface area contributed by atoms with Crippen LogP contribution in [0.25, 0.3) is 11.6 Å². The molecule has 0 aliphatic carbocycles. The molecule has 0 N–H and O–H groups in total. The molecule has 0 fully saturated rings. The van der Waals surface area contributed by atoms with E-state index in [1.54, 1.807) is 0 Å². The van der Waals surface area contributed by atoms with E-state index in [1.807, 2.05) is 60.7 Å². The second-order valence-electron chi connectivity index (χ2n) is 7.02. The first kappa shape index (κ1) is 22.4. The van der Waals surface area contributed by atoms with E-state index in [9.17, 15) is 0 Å². The average Bonchev–Trinajstić information content (AvgIpc) is 2.78. The topological polar surface area (TPSA) is 12.5 Å². The van der Waals surface area contributed by atoms with Crippen molar-refractivity contribution in [2.75, 3.05) is 26.2 Å². The first-order chi connectivity index (χ1) is 14.6. The lowest BCUT2D eigenvalue weighted by Crippen LogP contribution is -2.27. The molecule has 0 atom stereocenters. The third-order valence-corrected chi connectivity index (χ3v) is 5.58. The number of hydrogen-bond donors (Lipinski definition) is 0. The van der Waals surface area contributed by atoms with Crippen LogP contribution >= 0.6 is 23.2 Å². The van der Waals surface area contributed by atoms with Gasteiger partial charge in [-0.15, -0.1) is 0 Å². The molecule has 0 heterocycles. The van der Waals surface area contributed by atoms with Crippen LogP contribution in [0.4, 0.5) is 0 Å². The monoisotopic (exact) mass is 439 g/mol. The molecule has 2 nitrogen and oxygen atoms in total. The molecule has 0 saturated heterocycles. The average molecular weight is 440 g/mol. The molecule has 0 aromatic heterocycles. The highest BCUT2D eigenvalue weighted by atomic mass is 35.5. The second-order valence-corrected chi connectivity index (χ2v) is 7.89. The zero-order valence-electron chi connectivity index (χ0n) is 17.4. The molecule has 0 spiro atoms. The third-order valence-electron chi connectivity index (χ3n) is 5.07. The fraction of sp³-hybridized carbons (Fsp3) is 0.231. The summed E-state index contributed by atoms with van der Waals surface area (Å²) >= 11 is 12.1. The van der Waals surface area contributed by atoms with E-state index >= 15 is 0 Å². The van der Waals surface area contributed by atoms with Crippen molar-refractivity contribution >= 4 is 34.9 Å². The molecule has 0 bridgehead atoms. The standard InChI is InChI=1S/C26H27Cl2NO/c1-3-29(4-2)17-18-30-25-15-9-22(10-16-25)26(21-7-13-24(28)14-8-21)19-20-5-11-23(27)12-6-20/h5-16,19H,3-4,17-18H2,1-2H3/b26-19+. The fourth-order valence-electron chi connectivity index (χ4n) is 3.25. The van der Waals surface area contributed by atoms with E-state index < -0.39 is 0 Å². The van der Waals surface area contributed by atoms with Crippen LogP contribution in [-0.4, -0.2) is 31.1 Å². The van der Waals surface area contributed by atoms with Crippen LogP contribution in [0, 0.1) is 0 Å². The first-order valence-corrected chi connectivity index (χ1v) is 11.0. The lowest BCUT2D eigenvalue weighted by molar-refractivity contribution is 0.223. The SMILES string of the molecule is CCN(CC)CCOc1ccc(/C(=C/c2ccc(Cl)cc2)c2ccc(Cl)cc2)cc1. The molecule has 0 saturated carbocycles. The highest BCUT2D eigenvalue weighted by Crippen LogP contribution is 2.29. The van der Waals surface area contributed by atoms with E-state index in [2.05, 4.69) is 37.0 Å². The summed E-state index contributed by atoms with van der Waals surface area (Å²) in [5.74, 6) is 0.882. The van der Waals surface area contributed by atoms with Gasteiger partial charge in [-0.1, -0.05) is 73.4 Å². The molecule has 3 rings (SSSR count). The van der Waals surface area contributed by atoms with Crippen molar-refractivity contribution < 1.29 is 4.74 Å². The highest BCUT2D eigenvalue weighted by molar-refractivity contribution is 6.30. The molecule has 3 aromatic carbocycles.